The van der Waals surface area contributed by atoms with Crippen LogP contribution in [0.25, 0.3) is 11.3 Å². The first-order valence-corrected chi connectivity index (χ1v) is 6.11. The zero-order valence-corrected chi connectivity index (χ0v) is 10.6. The number of hydrogen-bond donors (Lipinski definition) is 0. The van der Waals surface area contributed by atoms with Gasteiger partial charge in [0.15, 0.2) is 11.5 Å². The lowest BCUT2D eigenvalue weighted by Gasteiger charge is -2.08. The highest BCUT2D eigenvalue weighted by Gasteiger charge is 2.15. The molecule has 96 valence electrons. The van der Waals surface area contributed by atoms with Gasteiger partial charge in [0.2, 0.25) is 0 Å². The van der Waals surface area contributed by atoms with Crippen LogP contribution in [0.3, 0.4) is 0 Å². The van der Waals surface area contributed by atoms with E-state index in [4.69, 9.17) is 14.7 Å². The van der Waals surface area contributed by atoms with E-state index < -0.39 is 0 Å². The lowest BCUT2D eigenvalue weighted by molar-refractivity contribution is 0.297. The van der Waals surface area contributed by atoms with Crippen LogP contribution in [0.5, 0.6) is 11.5 Å². The van der Waals surface area contributed by atoms with E-state index in [1.807, 2.05) is 18.2 Å². The fourth-order valence-electron chi connectivity index (χ4n) is 2.08. The average Bonchev–Trinajstić information content (AvgIpc) is 2.66. The zero-order valence-electron chi connectivity index (χ0n) is 10.6. The van der Waals surface area contributed by atoms with Gasteiger partial charge >= 0.3 is 0 Å². The van der Waals surface area contributed by atoms with Gasteiger partial charge < -0.3 is 14.0 Å². The summed E-state index contributed by atoms with van der Waals surface area (Å²) in [7, 11) is 1.80. The van der Waals surface area contributed by atoms with Crippen molar-refractivity contribution in [3.05, 3.63) is 30.2 Å². The van der Waals surface area contributed by atoms with Crippen LogP contribution in [-0.4, -0.2) is 22.8 Å². The molecule has 1 aromatic heterocycles. The van der Waals surface area contributed by atoms with E-state index in [1.165, 1.54) is 0 Å². The van der Waals surface area contributed by atoms with Crippen LogP contribution >= 0.6 is 0 Å². The Hall–Kier alpha value is -2.48. The molecule has 1 aliphatic rings. The Morgan fingerprint density at radius 2 is 2.05 bits per heavy atom. The van der Waals surface area contributed by atoms with Crippen molar-refractivity contribution in [2.24, 2.45) is 7.05 Å². The third kappa shape index (κ3) is 2.02. The van der Waals surface area contributed by atoms with Crippen LogP contribution in [0.1, 0.15) is 12.1 Å². The largest absolute Gasteiger partial charge is 0.490 e. The molecule has 0 spiro atoms. The molecule has 0 radical (unpaired) electrons. The van der Waals surface area contributed by atoms with Gasteiger partial charge in [0, 0.05) is 19.0 Å². The first kappa shape index (κ1) is 11.6. The maximum absolute atomic E-state index is 9.17. The second-order valence-electron chi connectivity index (χ2n) is 4.38. The molecule has 0 fully saturated rings. The van der Waals surface area contributed by atoms with E-state index in [0.717, 1.165) is 17.7 Å². The molecule has 5 heteroatoms. The maximum atomic E-state index is 9.17. The van der Waals surface area contributed by atoms with Crippen molar-refractivity contribution in [1.82, 2.24) is 9.55 Å². The van der Waals surface area contributed by atoms with Crippen molar-refractivity contribution >= 4 is 0 Å². The van der Waals surface area contributed by atoms with E-state index in [2.05, 4.69) is 11.1 Å². The molecule has 0 amide bonds. The molecular formula is C14H13N3O2. The number of fused-ring (bicyclic) bond motifs is 1. The number of rotatable bonds is 1. The highest BCUT2D eigenvalue weighted by molar-refractivity contribution is 5.68. The number of nitrogens with zero attached hydrogens (tertiary/aromatic N) is 3. The number of hydrogen-bond acceptors (Lipinski definition) is 4. The molecule has 0 bridgehead atoms. The maximum Gasteiger partial charge on any atom is 0.161 e. The minimum absolute atomic E-state index is 0.537. The van der Waals surface area contributed by atoms with Gasteiger partial charge in [-0.25, -0.2) is 4.98 Å². The van der Waals surface area contributed by atoms with E-state index >= 15 is 0 Å². The molecule has 1 aromatic carbocycles. The second-order valence-corrected chi connectivity index (χ2v) is 4.38. The van der Waals surface area contributed by atoms with Gasteiger partial charge in [0.1, 0.15) is 17.5 Å². The normalized spacial score (nSPS) is 13.7. The number of benzene rings is 1. The van der Waals surface area contributed by atoms with Gasteiger partial charge in [-0.05, 0) is 18.2 Å². The van der Waals surface area contributed by atoms with Crippen molar-refractivity contribution in [2.45, 2.75) is 6.42 Å². The summed E-state index contributed by atoms with van der Waals surface area (Å²) >= 11 is 0. The number of aromatic nitrogens is 2. The number of imidazole rings is 1. The molecule has 1 aliphatic heterocycles. The fourth-order valence-corrected chi connectivity index (χ4v) is 2.08. The predicted octanol–water partition coefficient (Wildman–Crippen LogP) is 2.12. The summed E-state index contributed by atoms with van der Waals surface area (Å²) in [6.45, 7) is 1.31. The molecule has 0 N–H and O–H groups in total. The fraction of sp³-hybridized carbons (Fsp3) is 0.286. The Morgan fingerprint density at radius 3 is 2.84 bits per heavy atom. The highest BCUT2D eigenvalue weighted by Crippen LogP contribution is 2.34. The molecular weight excluding hydrogens is 242 g/mol. The molecule has 2 heterocycles. The molecule has 0 saturated heterocycles. The summed E-state index contributed by atoms with van der Waals surface area (Å²) in [5, 5.41) is 9.17. The van der Waals surface area contributed by atoms with Gasteiger partial charge in [-0.15, -0.1) is 0 Å². The van der Waals surface area contributed by atoms with Gasteiger partial charge in [0.25, 0.3) is 0 Å². The molecule has 2 aromatic rings. The Balaban J connectivity index is 2.07. The van der Waals surface area contributed by atoms with E-state index in [1.54, 1.807) is 17.9 Å². The molecule has 5 nitrogen and oxygen atoms in total. The van der Waals surface area contributed by atoms with Crippen molar-refractivity contribution in [3.8, 4) is 28.8 Å². The summed E-state index contributed by atoms with van der Waals surface area (Å²) < 4.78 is 12.9. The molecule has 0 saturated carbocycles. The second kappa shape index (κ2) is 4.65. The molecule has 19 heavy (non-hydrogen) atoms. The van der Waals surface area contributed by atoms with Gasteiger partial charge in [0.05, 0.1) is 19.5 Å². The van der Waals surface area contributed by atoms with Gasteiger partial charge in [-0.1, -0.05) is 0 Å². The van der Waals surface area contributed by atoms with Crippen LogP contribution < -0.4 is 9.47 Å². The van der Waals surface area contributed by atoms with Crippen LogP contribution in [0.15, 0.2) is 24.5 Å². The Bertz CT molecular complexity index is 655. The topological polar surface area (TPSA) is 60.1 Å². The lowest BCUT2D eigenvalue weighted by atomic mass is 10.1. The first-order valence-electron chi connectivity index (χ1n) is 6.11. The Kier molecular flexibility index (Phi) is 2.84. The van der Waals surface area contributed by atoms with Crippen molar-refractivity contribution in [2.75, 3.05) is 13.2 Å². The van der Waals surface area contributed by atoms with Crippen molar-refractivity contribution < 1.29 is 9.47 Å². The summed E-state index contributed by atoms with van der Waals surface area (Å²) in [5.74, 6) is 1.46. The van der Waals surface area contributed by atoms with Crippen LogP contribution in [-0.2, 0) is 7.05 Å². The van der Waals surface area contributed by atoms with E-state index in [0.29, 0.717) is 30.4 Å². The monoisotopic (exact) mass is 255 g/mol. The molecule has 0 atom stereocenters. The lowest BCUT2D eigenvalue weighted by Crippen LogP contribution is -1.97. The van der Waals surface area contributed by atoms with Crippen molar-refractivity contribution in [3.63, 3.8) is 0 Å². The summed E-state index contributed by atoms with van der Waals surface area (Å²) in [6, 6.07) is 7.81. The minimum Gasteiger partial charge on any atom is -0.490 e. The van der Waals surface area contributed by atoms with Crippen molar-refractivity contribution in [1.29, 1.82) is 5.26 Å². The number of ether oxygens (including phenoxy) is 2. The Labute approximate surface area is 111 Å². The predicted molar refractivity (Wildman–Crippen MR) is 69.0 cm³/mol. The SMILES string of the molecule is Cn1cnc(-c2ccc3c(c2)OCCCO3)c1C#N. The third-order valence-electron chi connectivity index (χ3n) is 3.06. The quantitative estimate of drug-likeness (QED) is 0.783. The van der Waals surface area contributed by atoms with E-state index in [9.17, 15) is 0 Å². The zero-order chi connectivity index (χ0) is 13.2. The summed E-state index contributed by atoms with van der Waals surface area (Å²) in [6.07, 6.45) is 2.51. The average molecular weight is 255 g/mol. The summed E-state index contributed by atoms with van der Waals surface area (Å²) in [4.78, 5) is 4.27. The van der Waals surface area contributed by atoms with Crippen LogP contribution in [0.2, 0.25) is 0 Å². The van der Waals surface area contributed by atoms with Gasteiger partial charge in [-0.3, -0.25) is 0 Å². The minimum atomic E-state index is 0.537. The van der Waals surface area contributed by atoms with E-state index in [-0.39, 0.29) is 0 Å². The molecule has 0 aliphatic carbocycles. The number of nitriles is 1. The standard InChI is InChI=1S/C14H13N3O2/c1-17-9-16-14(11(17)8-15)10-3-4-12-13(7-10)19-6-2-5-18-12/h3-4,7,9H,2,5-6H2,1H3. The highest BCUT2D eigenvalue weighted by atomic mass is 16.5. The summed E-state index contributed by atoms with van der Waals surface area (Å²) in [5.41, 5.74) is 2.07. The van der Waals surface area contributed by atoms with Crippen LogP contribution in [0.4, 0.5) is 0 Å². The number of aryl methyl sites for hydroxylation is 1. The third-order valence-corrected chi connectivity index (χ3v) is 3.06. The first-order chi connectivity index (χ1) is 9.29. The smallest absolute Gasteiger partial charge is 0.161 e. The van der Waals surface area contributed by atoms with Crippen LogP contribution in [0, 0.1) is 11.3 Å². The molecule has 0 unspecified atom stereocenters. The van der Waals surface area contributed by atoms with Gasteiger partial charge in [-0.2, -0.15) is 5.26 Å². The molecule has 3 rings (SSSR count). The Morgan fingerprint density at radius 1 is 1.26 bits per heavy atom.